The van der Waals surface area contributed by atoms with Crippen LogP contribution < -0.4 is 0 Å². The Bertz CT molecular complexity index is 433. The van der Waals surface area contributed by atoms with Crippen LogP contribution in [0.1, 0.15) is 0 Å². The smallest absolute Gasteiger partial charge is 0.129 e. The number of aryl methyl sites for hydroxylation is 1. The first-order valence-electron chi connectivity index (χ1n) is 3.62. The van der Waals surface area contributed by atoms with Crippen molar-refractivity contribution in [3.63, 3.8) is 0 Å². The van der Waals surface area contributed by atoms with E-state index in [1.54, 1.807) is 23.9 Å². The molecule has 1 aromatic heterocycles. The summed E-state index contributed by atoms with van der Waals surface area (Å²) in [5.74, 6) is -0.424. The number of benzene rings is 1. The third-order valence-electron chi connectivity index (χ3n) is 1.95. The molecule has 0 fully saturated rings. The number of rotatable bonds is 0. The molecule has 0 radical (unpaired) electrons. The highest BCUT2D eigenvalue weighted by Gasteiger charge is 2.04. The first-order valence-corrected chi connectivity index (χ1v) is 3.62. The van der Waals surface area contributed by atoms with Gasteiger partial charge < -0.3 is 9.67 Å². The van der Waals surface area contributed by atoms with E-state index in [9.17, 15) is 9.50 Å². The van der Waals surface area contributed by atoms with Crippen LogP contribution in [-0.4, -0.2) is 9.67 Å². The molecule has 62 valence electrons. The molecule has 0 aliphatic heterocycles. The maximum atomic E-state index is 12.8. The fourth-order valence-electron chi connectivity index (χ4n) is 1.32. The fourth-order valence-corrected chi connectivity index (χ4v) is 1.32. The van der Waals surface area contributed by atoms with Crippen LogP contribution in [0.15, 0.2) is 24.4 Å². The first-order chi connectivity index (χ1) is 5.68. The van der Waals surface area contributed by atoms with Crippen molar-refractivity contribution in [2.24, 2.45) is 7.05 Å². The van der Waals surface area contributed by atoms with E-state index in [4.69, 9.17) is 0 Å². The lowest BCUT2D eigenvalue weighted by Crippen LogP contribution is -1.84. The number of hydrogen-bond donors (Lipinski definition) is 1. The number of phenolic OH excluding ortho intramolecular Hbond substituents is 1. The lowest BCUT2D eigenvalue weighted by atomic mass is 10.2. The number of phenols is 1. The Morgan fingerprint density at radius 2 is 2.17 bits per heavy atom. The average molecular weight is 165 g/mol. The zero-order chi connectivity index (χ0) is 8.72. The predicted octanol–water partition coefficient (Wildman–Crippen LogP) is 2.02. The molecule has 2 nitrogen and oxygen atoms in total. The molecular formula is C9H8FNO. The van der Waals surface area contributed by atoms with Crippen molar-refractivity contribution >= 4 is 10.9 Å². The largest absolute Gasteiger partial charge is 0.507 e. The lowest BCUT2D eigenvalue weighted by Gasteiger charge is -1.98. The van der Waals surface area contributed by atoms with Crippen LogP contribution in [0.5, 0.6) is 5.75 Å². The molecule has 0 unspecified atom stereocenters. The monoisotopic (exact) mass is 165 g/mol. The molecule has 3 heteroatoms. The number of aromatic nitrogens is 1. The van der Waals surface area contributed by atoms with Gasteiger partial charge >= 0.3 is 0 Å². The summed E-state index contributed by atoms with van der Waals surface area (Å²) in [5, 5.41) is 9.99. The molecule has 2 rings (SSSR count). The molecule has 0 spiro atoms. The van der Waals surface area contributed by atoms with Gasteiger partial charge in [-0.15, -0.1) is 0 Å². The summed E-state index contributed by atoms with van der Waals surface area (Å²) in [6.07, 6.45) is 1.78. The second-order valence-corrected chi connectivity index (χ2v) is 2.78. The quantitative estimate of drug-likeness (QED) is 0.634. The van der Waals surface area contributed by atoms with Gasteiger partial charge in [-0.05, 0) is 12.1 Å². The molecular weight excluding hydrogens is 157 g/mol. The van der Waals surface area contributed by atoms with Crippen molar-refractivity contribution in [2.45, 2.75) is 0 Å². The normalized spacial score (nSPS) is 10.8. The second kappa shape index (κ2) is 2.24. The van der Waals surface area contributed by atoms with Crippen molar-refractivity contribution in [1.29, 1.82) is 0 Å². The molecule has 0 saturated heterocycles. The summed E-state index contributed by atoms with van der Waals surface area (Å²) in [4.78, 5) is 0. The minimum Gasteiger partial charge on any atom is -0.507 e. The van der Waals surface area contributed by atoms with Crippen LogP contribution in [0.4, 0.5) is 4.39 Å². The fraction of sp³-hybridized carbons (Fsp3) is 0.111. The Kier molecular flexibility index (Phi) is 1.33. The summed E-state index contributed by atoms with van der Waals surface area (Å²) >= 11 is 0. The zero-order valence-electron chi connectivity index (χ0n) is 6.58. The minimum atomic E-state index is -0.415. The molecule has 0 saturated carbocycles. The van der Waals surface area contributed by atoms with Gasteiger partial charge in [0, 0.05) is 24.7 Å². The third-order valence-corrected chi connectivity index (χ3v) is 1.95. The Morgan fingerprint density at radius 3 is 2.92 bits per heavy atom. The van der Waals surface area contributed by atoms with Gasteiger partial charge in [0.25, 0.3) is 0 Å². The van der Waals surface area contributed by atoms with E-state index < -0.39 is 5.82 Å². The second-order valence-electron chi connectivity index (χ2n) is 2.78. The van der Waals surface area contributed by atoms with Crippen LogP contribution in [0.3, 0.4) is 0 Å². The van der Waals surface area contributed by atoms with E-state index in [1.807, 2.05) is 0 Å². The Labute approximate surface area is 68.9 Å². The van der Waals surface area contributed by atoms with Gasteiger partial charge in [0.2, 0.25) is 0 Å². The number of fused-ring (bicyclic) bond motifs is 1. The van der Waals surface area contributed by atoms with Gasteiger partial charge in [0.15, 0.2) is 0 Å². The van der Waals surface area contributed by atoms with Gasteiger partial charge in [-0.2, -0.15) is 0 Å². The topological polar surface area (TPSA) is 25.2 Å². The highest BCUT2D eigenvalue weighted by Crippen LogP contribution is 2.25. The van der Waals surface area contributed by atoms with Crippen LogP contribution in [-0.2, 0) is 7.05 Å². The lowest BCUT2D eigenvalue weighted by molar-refractivity contribution is 0.476. The van der Waals surface area contributed by atoms with E-state index in [0.29, 0.717) is 10.9 Å². The SMILES string of the molecule is Cn1ccc2c(O)cc(F)cc21. The van der Waals surface area contributed by atoms with E-state index in [2.05, 4.69) is 0 Å². The highest BCUT2D eigenvalue weighted by atomic mass is 19.1. The molecule has 12 heavy (non-hydrogen) atoms. The molecule has 0 atom stereocenters. The van der Waals surface area contributed by atoms with E-state index in [1.165, 1.54) is 6.07 Å². The Hall–Kier alpha value is -1.51. The van der Waals surface area contributed by atoms with Crippen molar-refractivity contribution in [3.05, 3.63) is 30.2 Å². The molecule has 1 N–H and O–H groups in total. The predicted molar refractivity (Wildman–Crippen MR) is 44.5 cm³/mol. The number of hydrogen-bond acceptors (Lipinski definition) is 1. The molecule has 0 bridgehead atoms. The van der Waals surface area contributed by atoms with E-state index in [0.717, 1.165) is 6.07 Å². The van der Waals surface area contributed by atoms with Crippen LogP contribution in [0, 0.1) is 5.82 Å². The van der Waals surface area contributed by atoms with E-state index in [-0.39, 0.29) is 5.75 Å². The summed E-state index contributed by atoms with van der Waals surface area (Å²) in [5.41, 5.74) is 0.701. The standard InChI is InChI=1S/C9H8FNO/c1-11-3-2-7-8(11)4-6(10)5-9(7)12/h2-5,12H,1H3. The molecule has 0 aliphatic rings. The highest BCUT2D eigenvalue weighted by molar-refractivity contribution is 5.86. The van der Waals surface area contributed by atoms with E-state index >= 15 is 0 Å². The molecule has 0 aliphatic carbocycles. The Balaban J connectivity index is 2.92. The summed E-state index contributed by atoms with van der Waals surface area (Å²) < 4.78 is 14.5. The van der Waals surface area contributed by atoms with Gasteiger partial charge in [0.1, 0.15) is 11.6 Å². The maximum absolute atomic E-state index is 12.8. The summed E-state index contributed by atoms with van der Waals surface area (Å²) in [7, 11) is 1.81. The van der Waals surface area contributed by atoms with Crippen molar-refractivity contribution < 1.29 is 9.50 Å². The minimum absolute atomic E-state index is 0.00870. The van der Waals surface area contributed by atoms with Gasteiger partial charge in [-0.1, -0.05) is 0 Å². The average Bonchev–Trinajstić information content (AvgIpc) is 2.33. The molecule has 2 aromatic rings. The van der Waals surface area contributed by atoms with Crippen LogP contribution in [0.25, 0.3) is 10.9 Å². The van der Waals surface area contributed by atoms with Crippen LogP contribution in [0.2, 0.25) is 0 Å². The number of halogens is 1. The van der Waals surface area contributed by atoms with Crippen molar-refractivity contribution in [3.8, 4) is 5.75 Å². The van der Waals surface area contributed by atoms with Gasteiger partial charge in [0.05, 0.1) is 5.52 Å². The van der Waals surface area contributed by atoms with Gasteiger partial charge in [-0.3, -0.25) is 0 Å². The van der Waals surface area contributed by atoms with Gasteiger partial charge in [-0.25, -0.2) is 4.39 Å². The molecule has 1 heterocycles. The molecule has 0 amide bonds. The van der Waals surface area contributed by atoms with Crippen molar-refractivity contribution in [1.82, 2.24) is 4.57 Å². The number of aromatic hydroxyl groups is 1. The van der Waals surface area contributed by atoms with Crippen molar-refractivity contribution in [2.75, 3.05) is 0 Å². The molecule has 1 aromatic carbocycles. The third kappa shape index (κ3) is 0.863. The first kappa shape index (κ1) is 7.16. The summed E-state index contributed by atoms with van der Waals surface area (Å²) in [6.45, 7) is 0. The number of nitrogens with zero attached hydrogens (tertiary/aromatic N) is 1. The van der Waals surface area contributed by atoms with Crippen LogP contribution >= 0.6 is 0 Å². The summed E-state index contributed by atoms with van der Waals surface area (Å²) in [6, 6.07) is 4.27. The zero-order valence-corrected chi connectivity index (χ0v) is 6.58. The maximum Gasteiger partial charge on any atom is 0.129 e. The Morgan fingerprint density at radius 1 is 1.42 bits per heavy atom.